The van der Waals surface area contributed by atoms with Crippen LogP contribution in [0.3, 0.4) is 0 Å². The third-order valence-corrected chi connectivity index (χ3v) is 5.14. The number of urea groups is 2. The van der Waals surface area contributed by atoms with Crippen LogP contribution in [0, 0.1) is 10.8 Å². The minimum absolute atomic E-state index is 0.0752. The van der Waals surface area contributed by atoms with E-state index in [-0.39, 0.29) is 13.1 Å². The van der Waals surface area contributed by atoms with E-state index in [1.165, 1.54) is 24.8 Å². The van der Waals surface area contributed by atoms with E-state index < -0.39 is 48.8 Å². The summed E-state index contributed by atoms with van der Waals surface area (Å²) in [5.41, 5.74) is 1.27. The van der Waals surface area contributed by atoms with Gasteiger partial charge in [-0.2, -0.15) is 10.1 Å². The van der Waals surface area contributed by atoms with E-state index in [1.807, 2.05) is 13.8 Å². The molecule has 2 aromatic rings. The van der Waals surface area contributed by atoms with Crippen molar-refractivity contribution in [3.8, 4) is 0 Å². The van der Waals surface area contributed by atoms with Crippen LogP contribution in [0.25, 0.3) is 0 Å². The third kappa shape index (κ3) is 12.7. The molecule has 6 N–H and O–H groups in total. The van der Waals surface area contributed by atoms with Gasteiger partial charge < -0.3 is 20.3 Å². The summed E-state index contributed by atoms with van der Waals surface area (Å²) >= 11 is 0. The van der Waals surface area contributed by atoms with E-state index in [2.05, 4.69) is 31.2 Å². The number of rotatable bonds is 11. The first kappa shape index (κ1) is 32.9. The van der Waals surface area contributed by atoms with Gasteiger partial charge in [0.15, 0.2) is 0 Å². The first-order chi connectivity index (χ1) is 20.2. The fraction of sp³-hybridized carbons (Fsp3) is 0.385. The third-order valence-electron chi connectivity index (χ3n) is 5.14. The molecule has 0 fully saturated rings. The first-order valence-corrected chi connectivity index (χ1v) is 13.2. The molecule has 0 bridgehead atoms. The van der Waals surface area contributed by atoms with Gasteiger partial charge in [-0.25, -0.2) is 19.2 Å². The van der Waals surface area contributed by atoms with Gasteiger partial charge in [-0.3, -0.25) is 31.4 Å². The van der Waals surface area contributed by atoms with Crippen molar-refractivity contribution < 1.29 is 28.9 Å². The van der Waals surface area contributed by atoms with E-state index >= 15 is 0 Å². The molecule has 0 saturated carbocycles. The van der Waals surface area contributed by atoms with Gasteiger partial charge in [-0.15, -0.1) is 0 Å². The molecule has 42 heavy (non-hydrogen) atoms. The molecule has 16 nitrogen and oxygen atoms in total. The molecule has 0 aromatic carbocycles. The molecule has 0 aliphatic rings. The summed E-state index contributed by atoms with van der Waals surface area (Å²) in [6, 6.07) is 5.29. The predicted molar refractivity (Wildman–Crippen MR) is 150 cm³/mol. The Bertz CT molecular complexity index is 1110. The van der Waals surface area contributed by atoms with Crippen LogP contribution in [-0.2, 0) is 32.4 Å². The van der Waals surface area contributed by atoms with Crippen LogP contribution in [0.1, 0.15) is 50.7 Å². The lowest BCUT2D eigenvalue weighted by atomic mass is 10.3. The number of guanidine groups is 2. The number of pyridine rings is 2. The SMILES string of the molecule is CCCNC(=O)NC(=N)N(Cc1ccncc1)OC(=O)CCC(=O)ON(Cc1ccncc1)C(=N)NC(=O)NCCC. The van der Waals surface area contributed by atoms with Crippen molar-refractivity contribution in [1.82, 2.24) is 41.4 Å². The van der Waals surface area contributed by atoms with Crippen LogP contribution in [-0.4, -0.2) is 69.1 Å². The first-order valence-electron chi connectivity index (χ1n) is 13.2. The van der Waals surface area contributed by atoms with Gasteiger partial charge in [0.25, 0.3) is 0 Å². The number of hydrogen-bond donors (Lipinski definition) is 6. The topological polar surface area (TPSA) is 215 Å². The number of nitrogens with one attached hydrogen (secondary N) is 6. The fourth-order valence-electron chi connectivity index (χ4n) is 3.07. The molecule has 2 rings (SSSR count). The zero-order valence-electron chi connectivity index (χ0n) is 23.5. The van der Waals surface area contributed by atoms with Crippen molar-refractivity contribution in [3.05, 3.63) is 60.2 Å². The summed E-state index contributed by atoms with van der Waals surface area (Å²) < 4.78 is 0. The minimum atomic E-state index is -0.880. The zero-order chi connectivity index (χ0) is 30.7. The van der Waals surface area contributed by atoms with Gasteiger partial charge in [-0.05, 0) is 48.2 Å². The molecule has 0 spiro atoms. The molecule has 0 aliphatic heterocycles. The molecule has 0 aliphatic carbocycles. The Hall–Kier alpha value is -5.28. The van der Waals surface area contributed by atoms with Crippen molar-refractivity contribution in [2.45, 2.75) is 52.6 Å². The average Bonchev–Trinajstić information content (AvgIpc) is 2.98. The second-order valence-corrected chi connectivity index (χ2v) is 8.67. The van der Waals surface area contributed by atoms with Crippen LogP contribution in [0.2, 0.25) is 0 Å². The molecule has 4 amide bonds. The highest BCUT2D eigenvalue weighted by atomic mass is 16.7. The molecule has 0 radical (unpaired) electrons. The molecule has 2 heterocycles. The number of hydroxylamine groups is 4. The number of nitrogens with zero attached hydrogens (tertiary/aromatic N) is 4. The Morgan fingerprint density at radius 1 is 0.690 bits per heavy atom. The van der Waals surface area contributed by atoms with E-state index in [0.717, 1.165) is 10.1 Å². The lowest BCUT2D eigenvalue weighted by Gasteiger charge is -2.24. The highest BCUT2D eigenvalue weighted by Crippen LogP contribution is 2.09. The highest BCUT2D eigenvalue weighted by Gasteiger charge is 2.22. The van der Waals surface area contributed by atoms with Crippen molar-refractivity contribution in [3.63, 3.8) is 0 Å². The normalized spacial score (nSPS) is 10.0. The number of carbonyl (C=O) groups excluding carboxylic acids is 4. The fourth-order valence-corrected chi connectivity index (χ4v) is 3.07. The van der Waals surface area contributed by atoms with E-state index in [1.54, 1.807) is 24.3 Å². The van der Waals surface area contributed by atoms with Crippen LogP contribution in [0.5, 0.6) is 0 Å². The summed E-state index contributed by atoms with van der Waals surface area (Å²) in [7, 11) is 0. The lowest BCUT2D eigenvalue weighted by molar-refractivity contribution is -0.182. The molecular weight excluding hydrogens is 548 g/mol. The van der Waals surface area contributed by atoms with Crippen molar-refractivity contribution in [1.29, 1.82) is 10.8 Å². The number of carbonyl (C=O) groups is 4. The van der Waals surface area contributed by atoms with Crippen LogP contribution < -0.4 is 21.3 Å². The minimum Gasteiger partial charge on any atom is -0.338 e. The predicted octanol–water partition coefficient (Wildman–Crippen LogP) is 1.77. The standard InChI is InChI=1S/C26H36N10O6/c1-3-11-31-25(39)33-23(27)35(17-19-7-13-29-14-8-19)41-21(37)5-6-22(38)42-36(18-20-9-15-30-16-10-20)24(28)34-26(40)32-12-4-2/h7-10,13-16H,3-6,11-12,17-18H2,1-2H3,(H3,27,31,33,39)(H3,28,32,34,40). The second kappa shape index (κ2) is 18.1. The van der Waals surface area contributed by atoms with Gasteiger partial charge in [0.1, 0.15) is 0 Å². The highest BCUT2D eigenvalue weighted by molar-refractivity contribution is 5.95. The second-order valence-electron chi connectivity index (χ2n) is 8.67. The van der Waals surface area contributed by atoms with Crippen LogP contribution >= 0.6 is 0 Å². The van der Waals surface area contributed by atoms with Crippen molar-refractivity contribution in [2.24, 2.45) is 0 Å². The van der Waals surface area contributed by atoms with Gasteiger partial charge in [-0.1, -0.05) is 13.8 Å². The van der Waals surface area contributed by atoms with Crippen LogP contribution in [0.4, 0.5) is 9.59 Å². The number of aromatic nitrogens is 2. The van der Waals surface area contributed by atoms with E-state index in [0.29, 0.717) is 37.1 Å². The maximum absolute atomic E-state index is 12.6. The molecule has 2 aromatic heterocycles. The Morgan fingerprint density at radius 2 is 1.05 bits per heavy atom. The summed E-state index contributed by atoms with van der Waals surface area (Å²) in [6.45, 7) is 4.37. The Balaban J connectivity index is 2.00. The Kier molecular flexibility index (Phi) is 14.2. The molecule has 16 heteroatoms. The van der Waals surface area contributed by atoms with Crippen molar-refractivity contribution >= 4 is 35.9 Å². The van der Waals surface area contributed by atoms with Gasteiger partial charge in [0.05, 0.1) is 25.9 Å². The number of amides is 4. The summed E-state index contributed by atoms with van der Waals surface area (Å²) in [4.78, 5) is 67.7. The summed E-state index contributed by atoms with van der Waals surface area (Å²) in [5, 5.41) is 27.9. The van der Waals surface area contributed by atoms with Crippen molar-refractivity contribution in [2.75, 3.05) is 13.1 Å². The largest absolute Gasteiger partial charge is 0.338 e. The monoisotopic (exact) mass is 584 g/mol. The lowest BCUT2D eigenvalue weighted by Crippen LogP contribution is -2.48. The van der Waals surface area contributed by atoms with Gasteiger partial charge in [0, 0.05) is 37.9 Å². The zero-order valence-corrected chi connectivity index (χ0v) is 23.5. The maximum Gasteiger partial charge on any atom is 0.333 e. The van der Waals surface area contributed by atoms with Crippen LogP contribution in [0.15, 0.2) is 49.1 Å². The Morgan fingerprint density at radius 3 is 1.38 bits per heavy atom. The Labute approximate surface area is 243 Å². The number of hydrogen-bond acceptors (Lipinski definition) is 10. The van der Waals surface area contributed by atoms with E-state index in [9.17, 15) is 19.2 Å². The molecular formula is C26H36N10O6. The average molecular weight is 585 g/mol. The van der Waals surface area contributed by atoms with Gasteiger partial charge >= 0.3 is 24.0 Å². The maximum atomic E-state index is 12.6. The van der Waals surface area contributed by atoms with Gasteiger partial charge in [0.2, 0.25) is 11.9 Å². The quantitative estimate of drug-likeness (QED) is 0.128. The summed E-state index contributed by atoms with van der Waals surface area (Å²) in [6.07, 6.45) is 6.58. The summed E-state index contributed by atoms with van der Waals surface area (Å²) in [5.74, 6) is -2.76. The molecule has 0 atom stereocenters. The van der Waals surface area contributed by atoms with E-state index in [4.69, 9.17) is 20.5 Å². The molecule has 226 valence electrons. The molecule has 0 saturated heterocycles. The molecule has 0 unspecified atom stereocenters. The smallest absolute Gasteiger partial charge is 0.333 e.